The molecule has 3 aromatic rings. The van der Waals surface area contributed by atoms with E-state index in [0.29, 0.717) is 29.0 Å². The third-order valence-corrected chi connectivity index (χ3v) is 8.60. The highest BCUT2D eigenvalue weighted by Gasteiger charge is 2.47. The summed E-state index contributed by atoms with van der Waals surface area (Å²) in [4.78, 5) is 24.1. The number of piperidine rings is 1. The summed E-state index contributed by atoms with van der Waals surface area (Å²) >= 11 is 0. The number of aromatic nitrogens is 6. The van der Waals surface area contributed by atoms with Crippen LogP contribution < -0.4 is 16.3 Å². The third-order valence-electron chi connectivity index (χ3n) is 8.60. The fourth-order valence-corrected chi connectivity index (χ4v) is 6.36. The van der Waals surface area contributed by atoms with Crippen molar-refractivity contribution in [2.75, 3.05) is 17.2 Å². The van der Waals surface area contributed by atoms with Crippen LogP contribution in [0.15, 0.2) is 23.1 Å². The second-order valence-corrected chi connectivity index (χ2v) is 11.7. The maximum absolute atomic E-state index is 15.3. The van der Waals surface area contributed by atoms with Gasteiger partial charge in [0.15, 0.2) is 0 Å². The van der Waals surface area contributed by atoms with Gasteiger partial charge >= 0.3 is 5.69 Å². The van der Waals surface area contributed by atoms with E-state index in [4.69, 9.17) is 0 Å². The lowest BCUT2D eigenvalue weighted by atomic mass is 9.77. The number of halogens is 1. The lowest BCUT2D eigenvalue weighted by Gasteiger charge is -2.51. The summed E-state index contributed by atoms with van der Waals surface area (Å²) in [5, 5.41) is 24.0. The van der Waals surface area contributed by atoms with Crippen LogP contribution in [-0.2, 0) is 7.05 Å². The molecule has 2 aromatic heterocycles. The van der Waals surface area contributed by atoms with Crippen LogP contribution in [-0.4, -0.2) is 58.8 Å². The van der Waals surface area contributed by atoms with Crippen LogP contribution in [0.1, 0.15) is 69.9 Å². The van der Waals surface area contributed by atoms with Gasteiger partial charge in [-0.25, -0.2) is 14.2 Å². The molecule has 0 radical (unpaired) electrons. The number of benzene rings is 1. The SMILES string of the molecule is CC1C(Nc2nc(Nc3cc(-n4nnn(C)c4=O)c(C4CC4)cc3F)ncc2C#N)CC(C)(C)N2CCCC12. The van der Waals surface area contributed by atoms with Crippen LogP contribution in [0.2, 0.25) is 0 Å². The monoisotopic (exact) mass is 532 g/mol. The molecule has 0 amide bonds. The molecule has 3 fully saturated rings. The van der Waals surface area contributed by atoms with E-state index in [1.165, 1.54) is 30.4 Å². The Bertz CT molecular complexity index is 1520. The van der Waals surface area contributed by atoms with Crippen LogP contribution in [0.25, 0.3) is 5.69 Å². The molecule has 39 heavy (non-hydrogen) atoms. The summed E-state index contributed by atoms with van der Waals surface area (Å²) in [6.07, 6.45) is 6.58. The lowest BCUT2D eigenvalue weighted by Crippen LogP contribution is -2.59. The number of nitriles is 1. The van der Waals surface area contributed by atoms with Gasteiger partial charge in [0.1, 0.15) is 23.3 Å². The van der Waals surface area contributed by atoms with E-state index in [0.717, 1.165) is 42.5 Å². The van der Waals surface area contributed by atoms with Gasteiger partial charge in [-0.3, -0.25) is 4.90 Å². The van der Waals surface area contributed by atoms with Crippen LogP contribution in [0.3, 0.4) is 0 Å². The Kier molecular flexibility index (Phi) is 6.14. The molecule has 4 heterocycles. The van der Waals surface area contributed by atoms with Crippen molar-refractivity contribution in [3.05, 3.63) is 45.8 Å². The summed E-state index contributed by atoms with van der Waals surface area (Å²) in [6, 6.07) is 5.78. The molecule has 2 N–H and O–H groups in total. The second kappa shape index (κ2) is 9.41. The highest BCUT2D eigenvalue weighted by Crippen LogP contribution is 2.44. The van der Waals surface area contributed by atoms with E-state index in [-0.39, 0.29) is 29.1 Å². The molecule has 0 spiro atoms. The minimum absolute atomic E-state index is 0.0352. The first-order valence-electron chi connectivity index (χ1n) is 13.6. The van der Waals surface area contributed by atoms with Gasteiger partial charge in [0, 0.05) is 24.7 Å². The molecule has 1 aromatic carbocycles. The highest BCUT2D eigenvalue weighted by molar-refractivity contribution is 5.64. The maximum Gasteiger partial charge on any atom is 0.368 e. The Morgan fingerprint density at radius 3 is 2.69 bits per heavy atom. The molecule has 1 aliphatic carbocycles. The first-order valence-corrected chi connectivity index (χ1v) is 13.6. The number of aryl methyl sites for hydroxylation is 1. The number of anilines is 3. The predicted molar refractivity (Wildman–Crippen MR) is 144 cm³/mol. The third kappa shape index (κ3) is 4.54. The van der Waals surface area contributed by atoms with Crippen molar-refractivity contribution < 1.29 is 4.39 Å². The Morgan fingerprint density at radius 2 is 2.00 bits per heavy atom. The van der Waals surface area contributed by atoms with Crippen molar-refractivity contribution >= 4 is 17.5 Å². The Morgan fingerprint density at radius 1 is 1.21 bits per heavy atom. The van der Waals surface area contributed by atoms with Crippen molar-refractivity contribution in [1.29, 1.82) is 5.26 Å². The van der Waals surface area contributed by atoms with E-state index >= 15 is 4.39 Å². The Hall–Kier alpha value is -3.85. The molecule has 204 valence electrons. The minimum Gasteiger partial charge on any atom is -0.366 e. The van der Waals surface area contributed by atoms with E-state index in [2.05, 4.69) is 62.8 Å². The molecule has 3 aliphatic rings. The first-order chi connectivity index (χ1) is 18.7. The number of nitrogens with one attached hydrogen (secondary N) is 2. The molecule has 6 rings (SSSR count). The number of fused-ring (bicyclic) bond motifs is 1. The normalized spacial score (nSPS) is 24.3. The molecular weight excluding hydrogens is 499 g/mol. The fraction of sp³-hybridized carbons (Fsp3) is 0.556. The van der Waals surface area contributed by atoms with Crippen LogP contribution >= 0.6 is 0 Å². The van der Waals surface area contributed by atoms with Crippen LogP contribution in [0.5, 0.6) is 0 Å². The first kappa shape index (κ1) is 25.4. The quantitative estimate of drug-likeness (QED) is 0.490. The van der Waals surface area contributed by atoms with Gasteiger partial charge in [-0.05, 0) is 92.5 Å². The molecule has 2 aliphatic heterocycles. The van der Waals surface area contributed by atoms with Gasteiger partial charge in [-0.1, -0.05) is 6.92 Å². The zero-order valence-corrected chi connectivity index (χ0v) is 22.6. The number of nitrogens with zero attached hydrogens (tertiary/aromatic N) is 8. The highest BCUT2D eigenvalue weighted by atomic mass is 19.1. The van der Waals surface area contributed by atoms with Gasteiger partial charge in [0.2, 0.25) is 5.95 Å². The van der Waals surface area contributed by atoms with E-state index in [1.54, 1.807) is 6.07 Å². The number of rotatable bonds is 6. The summed E-state index contributed by atoms with van der Waals surface area (Å²) in [5.74, 6) is 0.645. The van der Waals surface area contributed by atoms with Crippen molar-refractivity contribution in [2.24, 2.45) is 13.0 Å². The standard InChI is InChI=1S/C27H33FN10O/c1-15-21(12-27(2,3)37-9-5-6-22(15)37)31-24-17(13-29)14-30-25(33-24)32-20-11-23(38-26(39)36(4)34-35-38)18(10-19(20)28)16-7-8-16/h10-11,14-16,21-22H,5-9,12H2,1-4H3,(H2,30,31,32,33). The molecule has 0 bridgehead atoms. The summed E-state index contributed by atoms with van der Waals surface area (Å²) in [6.45, 7) is 7.93. The van der Waals surface area contributed by atoms with Gasteiger partial charge < -0.3 is 10.6 Å². The van der Waals surface area contributed by atoms with E-state index in [9.17, 15) is 10.1 Å². The number of tetrazole rings is 1. The zero-order chi connectivity index (χ0) is 27.5. The molecular formula is C27H33FN10O. The van der Waals surface area contributed by atoms with E-state index < -0.39 is 11.5 Å². The Balaban J connectivity index is 1.31. The second-order valence-electron chi connectivity index (χ2n) is 11.7. The van der Waals surface area contributed by atoms with Crippen LogP contribution in [0, 0.1) is 23.1 Å². The fourth-order valence-electron chi connectivity index (χ4n) is 6.36. The summed E-state index contributed by atoms with van der Waals surface area (Å²) in [5.41, 5.74) is 1.26. The van der Waals surface area contributed by atoms with Crippen molar-refractivity contribution in [2.45, 2.75) is 76.4 Å². The lowest BCUT2D eigenvalue weighted by molar-refractivity contribution is 0.0165. The van der Waals surface area contributed by atoms with Crippen molar-refractivity contribution in [1.82, 2.24) is 34.7 Å². The minimum atomic E-state index is -0.482. The van der Waals surface area contributed by atoms with Crippen molar-refractivity contribution in [3.63, 3.8) is 0 Å². The largest absolute Gasteiger partial charge is 0.368 e. The molecule has 1 saturated carbocycles. The average Bonchev–Trinajstić information content (AvgIpc) is 3.52. The van der Waals surface area contributed by atoms with Crippen molar-refractivity contribution in [3.8, 4) is 11.8 Å². The molecule has 2 saturated heterocycles. The van der Waals surface area contributed by atoms with Gasteiger partial charge in [-0.2, -0.15) is 19.6 Å². The number of hydrogen-bond donors (Lipinski definition) is 2. The molecule has 3 unspecified atom stereocenters. The van der Waals surface area contributed by atoms with Gasteiger partial charge in [0.05, 0.1) is 17.6 Å². The maximum atomic E-state index is 15.3. The molecule has 12 heteroatoms. The zero-order valence-electron chi connectivity index (χ0n) is 22.6. The smallest absolute Gasteiger partial charge is 0.366 e. The summed E-state index contributed by atoms with van der Waals surface area (Å²) in [7, 11) is 1.52. The topological polar surface area (TPSA) is 130 Å². The van der Waals surface area contributed by atoms with E-state index in [1.807, 2.05) is 0 Å². The van der Waals surface area contributed by atoms with Gasteiger partial charge in [0.25, 0.3) is 0 Å². The van der Waals surface area contributed by atoms with Gasteiger partial charge in [-0.15, -0.1) is 0 Å². The summed E-state index contributed by atoms with van der Waals surface area (Å²) < 4.78 is 17.6. The average molecular weight is 533 g/mol. The molecule has 3 atom stereocenters. The molecule has 11 nitrogen and oxygen atoms in total. The Labute approximate surface area is 226 Å². The predicted octanol–water partition coefficient (Wildman–Crippen LogP) is 3.45. The number of hydrogen-bond acceptors (Lipinski definition) is 9. The van der Waals surface area contributed by atoms with Crippen LogP contribution in [0.4, 0.5) is 21.8 Å².